The Morgan fingerprint density at radius 3 is 2.09 bits per heavy atom. The second kappa shape index (κ2) is 8.06. The molecule has 4 rings (SSSR count). The quantitative estimate of drug-likeness (QED) is 0.395. The van der Waals surface area contributed by atoms with Crippen molar-refractivity contribution in [3.8, 4) is 0 Å². The average Bonchev–Trinajstić information content (AvgIpc) is 3.07. The van der Waals surface area contributed by atoms with Gasteiger partial charge in [0.25, 0.3) is 0 Å². The first-order valence-electron chi connectivity index (χ1n) is 14.2. The van der Waals surface area contributed by atoms with Crippen molar-refractivity contribution in [2.75, 3.05) is 0 Å². The summed E-state index contributed by atoms with van der Waals surface area (Å²) in [6, 6.07) is 0. The van der Waals surface area contributed by atoms with Crippen molar-refractivity contribution >= 4 is 0 Å². The zero-order chi connectivity index (χ0) is 25.5. The fourth-order valence-electron chi connectivity index (χ4n) is 10.4. The fraction of sp³-hybridized carbons (Fsp3) is 0.935. The van der Waals surface area contributed by atoms with Crippen molar-refractivity contribution in [3.63, 3.8) is 0 Å². The van der Waals surface area contributed by atoms with Gasteiger partial charge in [0.1, 0.15) is 0 Å². The predicted octanol–water partition coefficient (Wildman–Crippen LogP) is 6.75. The van der Waals surface area contributed by atoms with Crippen LogP contribution in [0.5, 0.6) is 0 Å². The second-order valence-corrected chi connectivity index (χ2v) is 15.3. The smallest absolute Gasteiger partial charge is 0.0771 e. The topological polar surface area (TPSA) is 60.7 Å². The molecule has 0 bridgehead atoms. The molecule has 4 fully saturated rings. The first-order chi connectivity index (χ1) is 15.4. The molecule has 4 aliphatic rings. The molecule has 4 aliphatic carbocycles. The lowest BCUT2D eigenvalue weighted by molar-refractivity contribution is -0.240. The number of rotatable bonds is 4. The van der Waals surface area contributed by atoms with E-state index in [2.05, 4.69) is 41.5 Å². The van der Waals surface area contributed by atoms with Gasteiger partial charge in [-0.25, -0.2) is 0 Å². The van der Waals surface area contributed by atoms with Crippen LogP contribution in [-0.4, -0.2) is 32.6 Å². The van der Waals surface area contributed by atoms with Crippen molar-refractivity contribution in [2.45, 2.75) is 131 Å². The number of aliphatic hydroxyl groups excluding tert-OH is 1. The Morgan fingerprint density at radius 1 is 0.853 bits per heavy atom. The molecule has 0 aromatic rings. The van der Waals surface area contributed by atoms with Crippen LogP contribution in [0.15, 0.2) is 12.2 Å². The first kappa shape index (κ1) is 26.7. The summed E-state index contributed by atoms with van der Waals surface area (Å²) in [6.45, 7) is 20.6. The highest BCUT2D eigenvalue weighted by Crippen LogP contribution is 2.76. The molecule has 3 heteroatoms. The van der Waals surface area contributed by atoms with Gasteiger partial charge in [0, 0.05) is 0 Å². The zero-order valence-electron chi connectivity index (χ0n) is 23.6. The minimum absolute atomic E-state index is 0.0468. The Bertz CT molecular complexity index is 806. The molecule has 0 aromatic heterocycles. The number of fused-ring (bicyclic) bond motifs is 5. The number of aliphatic hydroxyl groups is 3. The van der Waals surface area contributed by atoms with Gasteiger partial charge in [-0.15, -0.1) is 0 Å². The molecule has 0 saturated heterocycles. The maximum Gasteiger partial charge on any atom is 0.0771 e. The van der Waals surface area contributed by atoms with Crippen LogP contribution in [0.1, 0.15) is 114 Å². The first-order valence-corrected chi connectivity index (χ1v) is 14.2. The van der Waals surface area contributed by atoms with E-state index in [9.17, 15) is 15.3 Å². The summed E-state index contributed by atoms with van der Waals surface area (Å²) in [5, 5.41) is 33.5. The molecule has 3 nitrogen and oxygen atoms in total. The molecule has 10 atom stereocenters. The van der Waals surface area contributed by atoms with Gasteiger partial charge in [-0.1, -0.05) is 53.7 Å². The van der Waals surface area contributed by atoms with Gasteiger partial charge in [0.2, 0.25) is 0 Å². The van der Waals surface area contributed by atoms with Gasteiger partial charge in [-0.3, -0.25) is 0 Å². The largest absolute Gasteiger partial charge is 0.393 e. The molecule has 196 valence electrons. The maximum atomic E-state index is 11.8. The molecule has 34 heavy (non-hydrogen) atoms. The van der Waals surface area contributed by atoms with Crippen LogP contribution in [0.3, 0.4) is 0 Å². The molecule has 0 aliphatic heterocycles. The molecule has 0 radical (unpaired) electrons. The Morgan fingerprint density at radius 2 is 1.47 bits per heavy atom. The summed E-state index contributed by atoms with van der Waals surface area (Å²) < 4.78 is 0. The Balaban J connectivity index is 1.66. The molecule has 3 N–H and O–H groups in total. The number of hydrogen-bond acceptors (Lipinski definition) is 3. The van der Waals surface area contributed by atoms with Crippen LogP contribution in [0, 0.1) is 51.2 Å². The lowest BCUT2D eigenvalue weighted by atomic mass is 9.34. The summed E-state index contributed by atoms with van der Waals surface area (Å²) >= 11 is 0. The van der Waals surface area contributed by atoms with Gasteiger partial charge in [0.05, 0.1) is 17.3 Å². The van der Waals surface area contributed by atoms with Crippen molar-refractivity contribution in [1.29, 1.82) is 0 Å². The third kappa shape index (κ3) is 3.77. The van der Waals surface area contributed by atoms with E-state index < -0.39 is 11.2 Å². The van der Waals surface area contributed by atoms with Crippen LogP contribution >= 0.6 is 0 Å². The zero-order valence-corrected chi connectivity index (χ0v) is 23.6. The van der Waals surface area contributed by atoms with Crippen molar-refractivity contribution < 1.29 is 15.3 Å². The normalized spacial score (nSPS) is 50.4. The van der Waals surface area contributed by atoms with Crippen LogP contribution in [0.2, 0.25) is 0 Å². The van der Waals surface area contributed by atoms with Crippen molar-refractivity contribution in [3.05, 3.63) is 12.2 Å². The van der Waals surface area contributed by atoms with E-state index in [4.69, 9.17) is 0 Å². The summed E-state index contributed by atoms with van der Waals surface area (Å²) in [5.41, 5.74) is -0.861. The van der Waals surface area contributed by atoms with Crippen LogP contribution in [0.25, 0.3) is 0 Å². The molecule has 0 spiro atoms. The Hall–Kier alpha value is -0.380. The van der Waals surface area contributed by atoms with E-state index in [-0.39, 0.29) is 34.2 Å². The van der Waals surface area contributed by atoms with E-state index in [1.54, 1.807) is 19.9 Å². The van der Waals surface area contributed by atoms with E-state index in [1.165, 1.54) is 25.7 Å². The lowest BCUT2D eigenvalue weighted by Crippen LogP contribution is -2.66. The minimum atomic E-state index is -0.877. The van der Waals surface area contributed by atoms with Crippen molar-refractivity contribution in [2.24, 2.45) is 51.2 Å². The molecular weight excluding hydrogens is 420 g/mol. The Labute approximate surface area is 209 Å². The third-order valence-corrected chi connectivity index (χ3v) is 12.8. The third-order valence-electron chi connectivity index (χ3n) is 12.8. The summed E-state index contributed by atoms with van der Waals surface area (Å²) in [5.74, 6) is 2.25. The SMILES string of the molecule is C[C@H]1CC[C@@]2(C)C(CC[C@]3(C)C2C[C@@H](O)C2C(C(C)(O)C/C=C/C(C)(C)O)CC[C@]23C)C1(C)C. The summed E-state index contributed by atoms with van der Waals surface area (Å²) in [4.78, 5) is 0. The average molecular weight is 475 g/mol. The highest BCUT2D eigenvalue weighted by Gasteiger charge is 2.71. The van der Waals surface area contributed by atoms with Gasteiger partial charge in [0.15, 0.2) is 0 Å². The molecule has 0 amide bonds. The lowest BCUT2D eigenvalue weighted by Gasteiger charge is -2.70. The highest BCUT2D eigenvalue weighted by atomic mass is 16.3. The molecular formula is C31H54O3. The predicted molar refractivity (Wildman–Crippen MR) is 140 cm³/mol. The summed E-state index contributed by atoms with van der Waals surface area (Å²) in [7, 11) is 0. The van der Waals surface area contributed by atoms with Crippen LogP contribution in [0.4, 0.5) is 0 Å². The van der Waals surface area contributed by atoms with Crippen LogP contribution < -0.4 is 0 Å². The van der Waals surface area contributed by atoms with Gasteiger partial charge in [-0.2, -0.15) is 0 Å². The molecule has 5 unspecified atom stereocenters. The number of hydrogen-bond donors (Lipinski definition) is 3. The maximum absolute atomic E-state index is 11.8. The van der Waals surface area contributed by atoms with Gasteiger partial charge < -0.3 is 15.3 Å². The van der Waals surface area contributed by atoms with Gasteiger partial charge >= 0.3 is 0 Å². The standard InChI is InChI=1S/C31H54O3/c1-20-11-16-28(6)23(27(20,4)5)13-18-29(7)24(28)19-22(32)25-21(12-17-30(25,29)8)31(9,34)15-10-14-26(2,3)33/h10,14,20-25,32-34H,11-13,15-19H2,1-9H3/b14-10+/t20-,21?,22+,23?,24?,25?,28-,29+,30+,31?/m0/s1. The van der Waals surface area contributed by atoms with E-state index in [1.807, 2.05) is 13.0 Å². The molecule has 4 saturated carbocycles. The monoisotopic (exact) mass is 474 g/mol. The highest BCUT2D eigenvalue weighted by molar-refractivity contribution is 5.20. The van der Waals surface area contributed by atoms with E-state index in [0.29, 0.717) is 17.8 Å². The van der Waals surface area contributed by atoms with Crippen molar-refractivity contribution in [1.82, 2.24) is 0 Å². The van der Waals surface area contributed by atoms with Crippen LogP contribution in [-0.2, 0) is 0 Å². The molecule has 0 aromatic carbocycles. The minimum Gasteiger partial charge on any atom is -0.393 e. The van der Waals surface area contributed by atoms with E-state index >= 15 is 0 Å². The van der Waals surface area contributed by atoms with E-state index in [0.717, 1.165) is 31.1 Å². The van der Waals surface area contributed by atoms with Gasteiger partial charge in [-0.05, 0) is 123 Å². The second-order valence-electron chi connectivity index (χ2n) is 15.3. The molecule has 0 heterocycles. The Kier molecular flexibility index (Phi) is 6.32. The fourth-order valence-corrected chi connectivity index (χ4v) is 10.4. The summed E-state index contributed by atoms with van der Waals surface area (Å²) in [6.07, 6.45) is 12.0.